The van der Waals surface area contributed by atoms with Gasteiger partial charge in [0.25, 0.3) is 5.91 Å². The summed E-state index contributed by atoms with van der Waals surface area (Å²) < 4.78 is 0. The van der Waals surface area contributed by atoms with Crippen LogP contribution in [0.4, 0.5) is 0 Å². The molecule has 0 spiro atoms. The number of amides is 1. The van der Waals surface area contributed by atoms with Gasteiger partial charge in [0, 0.05) is 54.0 Å². The first kappa shape index (κ1) is 21.9. The lowest BCUT2D eigenvalue weighted by Crippen LogP contribution is -2.42. The van der Waals surface area contributed by atoms with Crippen molar-refractivity contribution in [1.82, 2.24) is 15.1 Å². The van der Waals surface area contributed by atoms with Gasteiger partial charge in [-0.15, -0.1) is 11.3 Å². The molecule has 0 radical (unpaired) electrons. The molecule has 158 valence electrons. The number of carbonyl (C=O) groups excluding carboxylic acids is 2. The Kier molecular flexibility index (Phi) is 7.09. The number of likely N-dealkylation sites (tertiary alicyclic amines) is 1. The molecular weight excluding hydrogens is 382 g/mol. The quantitative estimate of drug-likeness (QED) is 0.768. The van der Waals surface area contributed by atoms with E-state index in [0.29, 0.717) is 30.6 Å². The van der Waals surface area contributed by atoms with Gasteiger partial charge in [0.05, 0.1) is 5.56 Å². The van der Waals surface area contributed by atoms with Gasteiger partial charge in [-0.25, -0.2) is 0 Å². The Morgan fingerprint density at radius 2 is 2.00 bits per heavy atom. The van der Waals surface area contributed by atoms with Gasteiger partial charge in [-0.1, -0.05) is 11.6 Å². The number of rotatable bonds is 6. The fraction of sp³-hybridized carbons (Fsp3) is 0.565. The SMILES string of the molecule is CC1=CC(C)=C(CNC(=O)c2csc(C(C)N3CCC(N(C)C)CC3)c2)C(=O)C1. The zero-order valence-corrected chi connectivity index (χ0v) is 19.1. The number of hydrogen-bond donors (Lipinski definition) is 1. The number of Topliss-reactive ketones (excluding diaryl/α,β-unsaturated/α-hetero) is 1. The molecule has 5 nitrogen and oxygen atoms in total. The van der Waals surface area contributed by atoms with E-state index in [2.05, 4.69) is 36.1 Å². The van der Waals surface area contributed by atoms with Crippen LogP contribution in [0.2, 0.25) is 0 Å². The first-order valence-corrected chi connectivity index (χ1v) is 11.3. The number of allylic oxidation sites excluding steroid dienone is 3. The number of nitrogens with zero attached hydrogens (tertiary/aromatic N) is 2. The van der Waals surface area contributed by atoms with Gasteiger partial charge in [-0.2, -0.15) is 0 Å². The van der Waals surface area contributed by atoms with Crippen LogP contribution in [-0.2, 0) is 4.79 Å². The lowest BCUT2D eigenvalue weighted by atomic mass is 9.92. The molecule has 1 atom stereocenters. The van der Waals surface area contributed by atoms with E-state index in [1.807, 2.05) is 31.4 Å². The predicted octanol–water partition coefficient (Wildman–Crippen LogP) is 3.80. The number of hydrogen-bond acceptors (Lipinski definition) is 5. The van der Waals surface area contributed by atoms with Gasteiger partial charge >= 0.3 is 0 Å². The summed E-state index contributed by atoms with van der Waals surface area (Å²) in [5, 5.41) is 4.87. The van der Waals surface area contributed by atoms with Crippen molar-refractivity contribution in [3.8, 4) is 0 Å². The van der Waals surface area contributed by atoms with Crippen molar-refractivity contribution in [2.75, 3.05) is 33.7 Å². The maximum absolute atomic E-state index is 12.6. The Morgan fingerprint density at radius 3 is 2.62 bits per heavy atom. The van der Waals surface area contributed by atoms with Crippen molar-refractivity contribution in [1.29, 1.82) is 0 Å². The Labute approximate surface area is 178 Å². The number of carbonyl (C=O) groups is 2. The van der Waals surface area contributed by atoms with E-state index in [1.165, 1.54) is 17.7 Å². The molecule has 1 aromatic rings. The van der Waals surface area contributed by atoms with Crippen molar-refractivity contribution in [3.05, 3.63) is 44.7 Å². The van der Waals surface area contributed by atoms with Crippen molar-refractivity contribution in [3.63, 3.8) is 0 Å². The number of thiophene rings is 1. The normalized spacial score (nSPS) is 20.2. The highest BCUT2D eigenvalue weighted by Gasteiger charge is 2.26. The second-order valence-corrected chi connectivity index (χ2v) is 9.52. The number of nitrogens with one attached hydrogen (secondary N) is 1. The third-order valence-electron chi connectivity index (χ3n) is 6.21. The lowest BCUT2D eigenvalue weighted by Gasteiger charge is -2.38. The van der Waals surface area contributed by atoms with Crippen LogP contribution in [0.1, 0.15) is 61.3 Å². The molecule has 1 N–H and O–H groups in total. The highest BCUT2D eigenvalue weighted by atomic mass is 32.1. The van der Waals surface area contributed by atoms with Gasteiger partial charge < -0.3 is 10.2 Å². The first-order chi connectivity index (χ1) is 13.8. The molecule has 1 fully saturated rings. The van der Waals surface area contributed by atoms with Crippen LogP contribution >= 0.6 is 11.3 Å². The van der Waals surface area contributed by atoms with E-state index in [4.69, 9.17) is 0 Å². The minimum Gasteiger partial charge on any atom is -0.348 e. The zero-order valence-electron chi connectivity index (χ0n) is 18.2. The Hall–Kier alpha value is -1.76. The second-order valence-electron chi connectivity index (χ2n) is 8.58. The minimum absolute atomic E-state index is 0.106. The van der Waals surface area contributed by atoms with Gasteiger partial charge in [-0.3, -0.25) is 14.5 Å². The van der Waals surface area contributed by atoms with Crippen LogP contribution in [0.25, 0.3) is 0 Å². The summed E-state index contributed by atoms with van der Waals surface area (Å²) in [6.07, 6.45) is 4.86. The molecule has 2 heterocycles. The summed E-state index contributed by atoms with van der Waals surface area (Å²) in [6.45, 7) is 8.61. The highest BCUT2D eigenvalue weighted by Crippen LogP contribution is 2.30. The third-order valence-corrected chi connectivity index (χ3v) is 7.31. The predicted molar refractivity (Wildman–Crippen MR) is 119 cm³/mol. The molecule has 29 heavy (non-hydrogen) atoms. The standard InChI is InChI=1S/C23H33N3O2S/c1-15-10-16(2)20(21(27)11-15)13-24-23(28)18-12-22(29-14-18)17(3)26-8-6-19(7-9-26)25(4)5/h10,12,14,17,19H,6-9,11,13H2,1-5H3,(H,24,28). The Morgan fingerprint density at radius 1 is 1.31 bits per heavy atom. The molecule has 3 rings (SSSR count). The second kappa shape index (κ2) is 9.37. The largest absolute Gasteiger partial charge is 0.348 e. The number of piperidine rings is 1. The fourth-order valence-corrected chi connectivity index (χ4v) is 5.24. The Balaban J connectivity index is 1.57. The van der Waals surface area contributed by atoms with Gasteiger partial charge in [0.15, 0.2) is 5.78 Å². The van der Waals surface area contributed by atoms with Gasteiger partial charge in [-0.05, 0) is 59.3 Å². The molecule has 1 amide bonds. The molecule has 1 unspecified atom stereocenters. The van der Waals surface area contributed by atoms with Crippen molar-refractivity contribution in [2.45, 2.75) is 52.1 Å². The average molecular weight is 416 g/mol. The monoisotopic (exact) mass is 415 g/mol. The number of ketones is 1. The van der Waals surface area contributed by atoms with Gasteiger partial charge in [0.2, 0.25) is 0 Å². The molecule has 0 bridgehead atoms. The average Bonchev–Trinajstić information content (AvgIpc) is 3.16. The molecule has 6 heteroatoms. The summed E-state index contributed by atoms with van der Waals surface area (Å²) in [4.78, 5) is 30.9. The topological polar surface area (TPSA) is 52.7 Å². The highest BCUT2D eigenvalue weighted by molar-refractivity contribution is 7.10. The molecule has 1 aromatic heterocycles. The minimum atomic E-state index is -0.106. The van der Waals surface area contributed by atoms with Crippen LogP contribution in [0, 0.1) is 0 Å². The molecule has 1 saturated heterocycles. The fourth-order valence-electron chi connectivity index (χ4n) is 4.26. The van der Waals surface area contributed by atoms with Crippen LogP contribution in [0.5, 0.6) is 0 Å². The molecular formula is C23H33N3O2S. The molecule has 1 aliphatic heterocycles. The molecule has 2 aliphatic rings. The molecule has 0 saturated carbocycles. The summed E-state index contributed by atoms with van der Waals surface area (Å²) in [5.41, 5.74) is 3.44. The van der Waals surface area contributed by atoms with Crippen molar-refractivity contribution in [2.24, 2.45) is 0 Å². The van der Waals surface area contributed by atoms with E-state index >= 15 is 0 Å². The van der Waals surface area contributed by atoms with Crippen LogP contribution < -0.4 is 5.32 Å². The van der Waals surface area contributed by atoms with E-state index < -0.39 is 0 Å². The first-order valence-electron chi connectivity index (χ1n) is 10.4. The van der Waals surface area contributed by atoms with Gasteiger partial charge in [0.1, 0.15) is 0 Å². The summed E-state index contributed by atoms with van der Waals surface area (Å²) >= 11 is 1.65. The van der Waals surface area contributed by atoms with Crippen LogP contribution in [-0.4, -0.2) is 61.3 Å². The molecule has 1 aliphatic carbocycles. The van der Waals surface area contributed by atoms with E-state index in [1.54, 1.807) is 11.3 Å². The summed E-state index contributed by atoms with van der Waals surface area (Å²) in [7, 11) is 4.31. The van der Waals surface area contributed by atoms with E-state index in [-0.39, 0.29) is 11.7 Å². The molecule has 0 aromatic carbocycles. The van der Waals surface area contributed by atoms with Crippen molar-refractivity contribution < 1.29 is 9.59 Å². The smallest absolute Gasteiger partial charge is 0.252 e. The maximum Gasteiger partial charge on any atom is 0.252 e. The summed E-state index contributed by atoms with van der Waals surface area (Å²) in [5.74, 6) is 0.00828. The summed E-state index contributed by atoms with van der Waals surface area (Å²) in [6, 6.07) is 3.00. The van der Waals surface area contributed by atoms with E-state index in [0.717, 1.165) is 29.8 Å². The lowest BCUT2D eigenvalue weighted by molar-refractivity contribution is -0.115. The maximum atomic E-state index is 12.6. The van der Waals surface area contributed by atoms with Crippen LogP contribution in [0.3, 0.4) is 0 Å². The van der Waals surface area contributed by atoms with E-state index in [9.17, 15) is 9.59 Å². The Bertz CT molecular complexity index is 829. The third kappa shape index (κ3) is 5.24. The van der Waals surface area contributed by atoms with Crippen molar-refractivity contribution >= 4 is 23.0 Å². The van der Waals surface area contributed by atoms with Crippen LogP contribution in [0.15, 0.2) is 34.2 Å². The zero-order chi connectivity index (χ0) is 21.1.